The van der Waals surface area contributed by atoms with Crippen molar-refractivity contribution in [1.29, 1.82) is 0 Å². The van der Waals surface area contributed by atoms with Crippen LogP contribution in [-0.2, 0) is 0 Å². The smallest absolute Gasteiger partial charge is 0.282 e. The minimum absolute atomic E-state index is 0.0106. The number of amides is 2. The fourth-order valence-electron chi connectivity index (χ4n) is 4.39. The fraction of sp³-hybridized carbons (Fsp3) is 0.280. The Labute approximate surface area is 196 Å². The molecule has 2 saturated heterocycles. The highest BCUT2D eigenvalue weighted by atomic mass is 32.1. The maximum Gasteiger partial charge on any atom is 0.282 e. The maximum atomic E-state index is 12.9. The number of rotatable bonds is 5. The summed E-state index contributed by atoms with van der Waals surface area (Å²) >= 11 is 1.38. The highest BCUT2D eigenvalue weighted by molar-refractivity contribution is 7.11. The van der Waals surface area contributed by atoms with E-state index in [9.17, 15) is 14.4 Å². The highest BCUT2D eigenvalue weighted by Crippen LogP contribution is 2.24. The molecular formula is C25H24N4O3S. The normalized spacial score (nSPS) is 17.0. The van der Waals surface area contributed by atoms with Gasteiger partial charge in [0.2, 0.25) is 0 Å². The average molecular weight is 461 g/mol. The molecule has 2 aliphatic rings. The van der Waals surface area contributed by atoms with Gasteiger partial charge in [-0.3, -0.25) is 19.3 Å². The van der Waals surface area contributed by atoms with Gasteiger partial charge in [0.15, 0.2) is 5.01 Å². The van der Waals surface area contributed by atoms with Crippen molar-refractivity contribution >= 4 is 29.4 Å². The van der Waals surface area contributed by atoms with Crippen molar-refractivity contribution in [1.82, 2.24) is 19.7 Å². The predicted molar refractivity (Wildman–Crippen MR) is 127 cm³/mol. The Morgan fingerprint density at radius 2 is 1.67 bits per heavy atom. The van der Waals surface area contributed by atoms with E-state index in [-0.39, 0.29) is 11.8 Å². The van der Waals surface area contributed by atoms with E-state index in [2.05, 4.69) is 9.88 Å². The van der Waals surface area contributed by atoms with Crippen LogP contribution in [0.4, 0.5) is 0 Å². The molecule has 0 unspecified atom stereocenters. The standard InChI is InChI=1S/C25H24N4O3S/c30-17-18-2-1-3-21(14-18)19-4-6-20(7-5-19)24(31)29-15-22(16-29)27-9-11-28(12-10-27)25(32)23-26-8-13-33-23/h1-8,13-14,17,22H,9-12,15-16H2. The summed E-state index contributed by atoms with van der Waals surface area (Å²) in [5.74, 6) is 0.0495. The molecule has 3 heterocycles. The van der Waals surface area contributed by atoms with Crippen LogP contribution < -0.4 is 0 Å². The quantitative estimate of drug-likeness (QED) is 0.548. The first-order valence-electron chi connectivity index (χ1n) is 11.0. The van der Waals surface area contributed by atoms with Crippen LogP contribution in [0.1, 0.15) is 30.5 Å². The van der Waals surface area contributed by atoms with Gasteiger partial charge in [0, 0.05) is 68.0 Å². The van der Waals surface area contributed by atoms with Crippen LogP contribution in [0.3, 0.4) is 0 Å². The second-order valence-corrected chi connectivity index (χ2v) is 9.24. The van der Waals surface area contributed by atoms with Crippen LogP contribution >= 0.6 is 11.3 Å². The molecular weight excluding hydrogens is 436 g/mol. The summed E-state index contributed by atoms with van der Waals surface area (Å²) in [5.41, 5.74) is 3.23. The van der Waals surface area contributed by atoms with Crippen molar-refractivity contribution in [2.75, 3.05) is 39.3 Å². The van der Waals surface area contributed by atoms with Gasteiger partial charge in [0.25, 0.3) is 11.8 Å². The Bertz CT molecular complexity index is 1150. The third kappa shape index (κ3) is 4.44. The second-order valence-electron chi connectivity index (χ2n) is 8.35. The lowest BCUT2D eigenvalue weighted by molar-refractivity contribution is 0.00853. The number of carbonyl (C=O) groups is 3. The first kappa shape index (κ1) is 21.5. The minimum atomic E-state index is 0.0106. The van der Waals surface area contributed by atoms with Gasteiger partial charge in [-0.2, -0.15) is 0 Å². The Kier molecular flexibility index (Phi) is 6.02. The SMILES string of the molecule is O=Cc1cccc(-c2ccc(C(=O)N3CC(N4CCN(C(=O)c5nccs5)CC4)C3)cc2)c1. The fourth-order valence-corrected chi connectivity index (χ4v) is 4.99. The second kappa shape index (κ2) is 9.25. The van der Waals surface area contributed by atoms with Crippen molar-refractivity contribution in [2.24, 2.45) is 0 Å². The average Bonchev–Trinajstić information content (AvgIpc) is 3.38. The number of hydrogen-bond donors (Lipinski definition) is 0. The molecule has 0 radical (unpaired) electrons. The highest BCUT2D eigenvalue weighted by Gasteiger charge is 2.37. The van der Waals surface area contributed by atoms with Crippen molar-refractivity contribution in [3.05, 3.63) is 76.2 Å². The number of aromatic nitrogens is 1. The zero-order valence-electron chi connectivity index (χ0n) is 18.1. The number of thiazole rings is 1. The summed E-state index contributed by atoms with van der Waals surface area (Å²) in [7, 11) is 0. The van der Waals surface area contributed by atoms with Crippen LogP contribution in [0, 0.1) is 0 Å². The predicted octanol–water partition coefficient (Wildman–Crippen LogP) is 2.91. The monoisotopic (exact) mass is 460 g/mol. The maximum absolute atomic E-state index is 12.9. The molecule has 33 heavy (non-hydrogen) atoms. The van der Waals surface area contributed by atoms with E-state index in [4.69, 9.17) is 0 Å². The molecule has 1 aromatic heterocycles. The molecule has 0 aliphatic carbocycles. The van der Waals surface area contributed by atoms with Crippen LogP contribution in [0.5, 0.6) is 0 Å². The zero-order chi connectivity index (χ0) is 22.8. The Hall–Kier alpha value is -3.36. The summed E-state index contributed by atoms with van der Waals surface area (Å²) in [6.07, 6.45) is 2.49. The van der Waals surface area contributed by atoms with Crippen LogP contribution in [0.25, 0.3) is 11.1 Å². The first-order chi connectivity index (χ1) is 16.1. The van der Waals surface area contributed by atoms with Gasteiger partial charge in [0.1, 0.15) is 6.29 Å². The van der Waals surface area contributed by atoms with E-state index in [0.29, 0.717) is 48.4 Å². The van der Waals surface area contributed by atoms with Gasteiger partial charge in [-0.25, -0.2) is 4.98 Å². The minimum Gasteiger partial charge on any atom is -0.335 e. The molecule has 2 aromatic carbocycles. The number of piperazine rings is 1. The molecule has 0 spiro atoms. The molecule has 0 bridgehead atoms. The summed E-state index contributed by atoms with van der Waals surface area (Å²) in [6, 6.07) is 15.3. The van der Waals surface area contributed by atoms with Crippen molar-refractivity contribution in [3.8, 4) is 11.1 Å². The van der Waals surface area contributed by atoms with Crippen molar-refractivity contribution in [3.63, 3.8) is 0 Å². The molecule has 2 aliphatic heterocycles. The molecule has 3 aromatic rings. The largest absolute Gasteiger partial charge is 0.335 e. The summed E-state index contributed by atoms with van der Waals surface area (Å²) in [4.78, 5) is 46.6. The van der Waals surface area contributed by atoms with Gasteiger partial charge in [-0.05, 0) is 29.3 Å². The van der Waals surface area contributed by atoms with E-state index in [1.165, 1.54) is 11.3 Å². The molecule has 0 N–H and O–H groups in total. The molecule has 2 fully saturated rings. The van der Waals surface area contributed by atoms with Crippen LogP contribution in [-0.4, -0.2) is 83.1 Å². The van der Waals surface area contributed by atoms with E-state index in [0.717, 1.165) is 30.5 Å². The van der Waals surface area contributed by atoms with E-state index < -0.39 is 0 Å². The lowest BCUT2D eigenvalue weighted by atomic mass is 10.00. The van der Waals surface area contributed by atoms with Crippen LogP contribution in [0.2, 0.25) is 0 Å². The van der Waals surface area contributed by atoms with E-state index in [1.54, 1.807) is 12.3 Å². The van der Waals surface area contributed by atoms with Gasteiger partial charge in [-0.1, -0.05) is 30.3 Å². The molecule has 168 valence electrons. The molecule has 0 saturated carbocycles. The first-order valence-corrected chi connectivity index (χ1v) is 11.9. The zero-order valence-corrected chi connectivity index (χ0v) is 18.9. The Balaban J connectivity index is 1.13. The lowest BCUT2D eigenvalue weighted by Gasteiger charge is -2.48. The van der Waals surface area contributed by atoms with Gasteiger partial charge in [-0.15, -0.1) is 11.3 Å². The van der Waals surface area contributed by atoms with Gasteiger partial charge < -0.3 is 9.80 Å². The van der Waals surface area contributed by atoms with E-state index in [1.807, 2.05) is 57.6 Å². The number of benzene rings is 2. The van der Waals surface area contributed by atoms with Gasteiger partial charge in [0.05, 0.1) is 0 Å². The summed E-state index contributed by atoms with van der Waals surface area (Å²) in [5, 5.41) is 2.37. The number of hydrogen-bond acceptors (Lipinski definition) is 6. The topological polar surface area (TPSA) is 73.8 Å². The molecule has 0 atom stereocenters. The summed E-state index contributed by atoms with van der Waals surface area (Å²) < 4.78 is 0. The Morgan fingerprint density at radius 1 is 0.909 bits per heavy atom. The van der Waals surface area contributed by atoms with Crippen molar-refractivity contribution in [2.45, 2.75) is 6.04 Å². The number of aldehydes is 1. The lowest BCUT2D eigenvalue weighted by Crippen LogP contribution is -2.64. The molecule has 7 nitrogen and oxygen atoms in total. The van der Waals surface area contributed by atoms with Gasteiger partial charge >= 0.3 is 0 Å². The molecule has 8 heteroatoms. The van der Waals surface area contributed by atoms with E-state index >= 15 is 0 Å². The number of carbonyl (C=O) groups excluding carboxylic acids is 3. The number of nitrogens with zero attached hydrogens (tertiary/aromatic N) is 4. The summed E-state index contributed by atoms with van der Waals surface area (Å²) in [6.45, 7) is 4.44. The third-order valence-electron chi connectivity index (χ3n) is 6.37. The number of likely N-dealkylation sites (tertiary alicyclic amines) is 1. The Morgan fingerprint density at radius 3 is 2.33 bits per heavy atom. The van der Waals surface area contributed by atoms with Crippen molar-refractivity contribution < 1.29 is 14.4 Å². The molecule has 2 amide bonds. The van der Waals surface area contributed by atoms with Crippen LogP contribution in [0.15, 0.2) is 60.1 Å². The third-order valence-corrected chi connectivity index (χ3v) is 7.13. The molecule has 5 rings (SSSR count).